The number of rotatable bonds is 10. The van der Waals surface area contributed by atoms with E-state index in [1.165, 1.54) is 6.08 Å². The molecule has 0 unspecified atom stereocenters. The molecule has 0 heterocycles. The summed E-state index contributed by atoms with van der Waals surface area (Å²) in [6.07, 6.45) is 9.49. The highest BCUT2D eigenvalue weighted by molar-refractivity contribution is 9.10. The van der Waals surface area contributed by atoms with Gasteiger partial charge >= 0.3 is 5.97 Å². The van der Waals surface area contributed by atoms with Crippen LogP contribution in [0.25, 0.3) is 0 Å². The number of ether oxygens (including phenoxy) is 2. The summed E-state index contributed by atoms with van der Waals surface area (Å²) < 4.78 is 11.0. The number of hydrogen-bond donors (Lipinski definition) is 2. The van der Waals surface area contributed by atoms with Gasteiger partial charge in [0.25, 0.3) is 5.79 Å². The lowest BCUT2D eigenvalue weighted by Gasteiger charge is -2.15. The summed E-state index contributed by atoms with van der Waals surface area (Å²) in [5.41, 5.74) is 2.81. The molecule has 0 amide bonds. The molecule has 1 fully saturated rings. The lowest BCUT2D eigenvalue weighted by atomic mass is 9.91. The summed E-state index contributed by atoms with van der Waals surface area (Å²) in [6.45, 7) is 0.561. The van der Waals surface area contributed by atoms with Crippen molar-refractivity contribution in [1.29, 1.82) is 0 Å². The van der Waals surface area contributed by atoms with Crippen LogP contribution in [0.1, 0.15) is 32.1 Å². The van der Waals surface area contributed by atoms with Crippen molar-refractivity contribution in [2.75, 3.05) is 13.7 Å². The molecule has 7 heteroatoms. The highest BCUT2D eigenvalue weighted by atomic mass is 79.9. The number of aliphatic hydroxyl groups is 2. The fourth-order valence-electron chi connectivity index (χ4n) is 3.27. The van der Waals surface area contributed by atoms with E-state index < -0.39 is 11.8 Å². The zero-order valence-corrected chi connectivity index (χ0v) is 18.5. The van der Waals surface area contributed by atoms with Crippen LogP contribution in [0.3, 0.4) is 0 Å². The quantitative estimate of drug-likeness (QED) is 0.175. The maximum atomic E-state index is 12.2. The predicted octanol–water partition coefficient (Wildman–Crippen LogP) is 3.71. The molecule has 162 valence electrons. The maximum Gasteiger partial charge on any atom is 0.366 e. The van der Waals surface area contributed by atoms with Crippen molar-refractivity contribution in [1.82, 2.24) is 0 Å². The number of halogens is 1. The topological polar surface area (TPSA) is 93.1 Å². The van der Waals surface area contributed by atoms with Gasteiger partial charge in [0.2, 0.25) is 0 Å². The third-order valence-electron chi connectivity index (χ3n) is 4.89. The molecule has 0 aliphatic heterocycles. The van der Waals surface area contributed by atoms with Crippen molar-refractivity contribution >= 4 is 27.7 Å². The van der Waals surface area contributed by atoms with Gasteiger partial charge in [-0.2, -0.15) is 0 Å². The number of ketones is 1. The second kappa shape index (κ2) is 11.9. The average molecular weight is 479 g/mol. The molecule has 2 atom stereocenters. The lowest BCUT2D eigenvalue weighted by molar-refractivity contribution is -0.205. The van der Waals surface area contributed by atoms with Crippen LogP contribution in [-0.2, 0) is 14.3 Å². The van der Waals surface area contributed by atoms with Gasteiger partial charge in [-0.1, -0.05) is 34.1 Å². The van der Waals surface area contributed by atoms with Gasteiger partial charge in [0, 0.05) is 23.2 Å². The SMILES string of the molecule is COC(=O)C(O)(O)CC=C=CC[C@H]1C(=O)CC[C@@H]1/C=C/CCOc1cccc(Br)c1. The summed E-state index contributed by atoms with van der Waals surface area (Å²) in [6, 6.07) is 7.68. The third-order valence-corrected chi connectivity index (χ3v) is 5.39. The van der Waals surface area contributed by atoms with E-state index in [1.807, 2.05) is 24.3 Å². The van der Waals surface area contributed by atoms with Crippen molar-refractivity contribution in [2.45, 2.75) is 37.9 Å². The number of benzene rings is 1. The Morgan fingerprint density at radius 3 is 2.90 bits per heavy atom. The van der Waals surface area contributed by atoms with E-state index in [0.717, 1.165) is 30.2 Å². The normalized spacial score (nSPS) is 18.9. The number of allylic oxidation sites excluding steroid dienone is 1. The van der Waals surface area contributed by atoms with E-state index in [-0.39, 0.29) is 24.0 Å². The summed E-state index contributed by atoms with van der Waals surface area (Å²) in [5.74, 6) is -2.59. The fraction of sp³-hybridized carbons (Fsp3) is 0.435. The molecular weight excluding hydrogens is 452 g/mol. The summed E-state index contributed by atoms with van der Waals surface area (Å²) >= 11 is 3.41. The molecule has 1 saturated carbocycles. The van der Waals surface area contributed by atoms with E-state index in [9.17, 15) is 19.8 Å². The first-order chi connectivity index (χ1) is 14.3. The van der Waals surface area contributed by atoms with E-state index in [0.29, 0.717) is 19.4 Å². The van der Waals surface area contributed by atoms with E-state index in [4.69, 9.17) is 4.74 Å². The highest BCUT2D eigenvalue weighted by Crippen LogP contribution is 2.32. The Labute approximate surface area is 185 Å². The predicted molar refractivity (Wildman–Crippen MR) is 116 cm³/mol. The molecule has 1 aromatic rings. The third kappa shape index (κ3) is 7.58. The van der Waals surface area contributed by atoms with Gasteiger partial charge in [0.15, 0.2) is 0 Å². The van der Waals surface area contributed by atoms with Crippen LogP contribution in [0, 0.1) is 11.8 Å². The van der Waals surface area contributed by atoms with Gasteiger partial charge in [-0.3, -0.25) is 4.79 Å². The Bertz CT molecular complexity index is 823. The monoisotopic (exact) mass is 478 g/mol. The molecule has 1 aromatic carbocycles. The molecule has 0 bridgehead atoms. The van der Waals surface area contributed by atoms with Crippen LogP contribution in [0.5, 0.6) is 5.75 Å². The van der Waals surface area contributed by atoms with Gasteiger partial charge in [-0.05, 0) is 55.5 Å². The molecule has 0 aromatic heterocycles. The first-order valence-electron chi connectivity index (χ1n) is 9.84. The van der Waals surface area contributed by atoms with Gasteiger partial charge in [-0.15, -0.1) is 5.73 Å². The molecule has 30 heavy (non-hydrogen) atoms. The van der Waals surface area contributed by atoms with Gasteiger partial charge in [-0.25, -0.2) is 4.79 Å². The molecule has 2 rings (SSSR count). The Hall–Kier alpha value is -2.18. The van der Waals surface area contributed by atoms with Crippen molar-refractivity contribution in [3.8, 4) is 5.75 Å². The van der Waals surface area contributed by atoms with Crippen molar-refractivity contribution in [2.24, 2.45) is 11.8 Å². The molecule has 6 nitrogen and oxygen atoms in total. The number of hydrogen-bond acceptors (Lipinski definition) is 6. The zero-order chi connectivity index (χ0) is 22.0. The van der Waals surface area contributed by atoms with E-state index in [2.05, 4.69) is 38.6 Å². The number of carbonyl (C=O) groups excluding carboxylic acids is 2. The zero-order valence-electron chi connectivity index (χ0n) is 16.9. The van der Waals surface area contributed by atoms with Crippen LogP contribution in [0.4, 0.5) is 0 Å². The molecular formula is C23H27BrO6. The molecule has 0 radical (unpaired) electrons. The summed E-state index contributed by atoms with van der Waals surface area (Å²) in [4.78, 5) is 23.4. The minimum atomic E-state index is -2.57. The Kier molecular flexibility index (Phi) is 9.53. The van der Waals surface area contributed by atoms with Gasteiger partial charge < -0.3 is 19.7 Å². The first kappa shape index (κ1) is 24.1. The van der Waals surface area contributed by atoms with E-state index in [1.54, 1.807) is 6.08 Å². The number of esters is 1. The van der Waals surface area contributed by atoms with Crippen molar-refractivity contribution < 1.29 is 29.3 Å². The lowest BCUT2D eigenvalue weighted by Crippen LogP contribution is -2.38. The van der Waals surface area contributed by atoms with Crippen LogP contribution in [0.15, 0.2) is 58.8 Å². The molecule has 1 aliphatic rings. The second-order valence-electron chi connectivity index (χ2n) is 7.12. The number of Topliss-reactive ketones (excluding diaryl/α,β-unsaturated/α-hetero) is 1. The first-order valence-corrected chi connectivity index (χ1v) is 10.6. The maximum absolute atomic E-state index is 12.2. The number of carbonyl (C=O) groups is 2. The van der Waals surface area contributed by atoms with Crippen LogP contribution in [-0.4, -0.2) is 41.5 Å². The molecule has 2 N–H and O–H groups in total. The smallest absolute Gasteiger partial charge is 0.366 e. The second-order valence-corrected chi connectivity index (χ2v) is 8.04. The molecule has 1 aliphatic carbocycles. The van der Waals surface area contributed by atoms with Gasteiger partial charge in [0.05, 0.1) is 13.7 Å². The largest absolute Gasteiger partial charge is 0.493 e. The molecule has 0 spiro atoms. The fourth-order valence-corrected chi connectivity index (χ4v) is 3.65. The minimum Gasteiger partial charge on any atom is -0.493 e. The van der Waals surface area contributed by atoms with Crippen molar-refractivity contribution in [3.05, 3.63) is 58.8 Å². The van der Waals surface area contributed by atoms with Crippen molar-refractivity contribution in [3.63, 3.8) is 0 Å². The minimum absolute atomic E-state index is 0.109. The van der Waals surface area contributed by atoms with Gasteiger partial charge in [0.1, 0.15) is 11.5 Å². The Balaban J connectivity index is 1.79. The standard InChI is InChI=1S/C23H27BrO6/c1-29-22(26)23(27,28)14-5-2-3-11-20-17(12-13-21(20)25)8-4-6-15-30-19-10-7-9-18(24)16-19/h3-5,7-10,16-17,20,27-28H,6,11-15H2,1H3/b8-4+/t2?,17-,20+/m0/s1. The van der Waals surface area contributed by atoms with Crippen LogP contribution >= 0.6 is 15.9 Å². The Morgan fingerprint density at radius 1 is 1.37 bits per heavy atom. The van der Waals surface area contributed by atoms with E-state index >= 15 is 0 Å². The number of methoxy groups -OCH3 is 1. The Morgan fingerprint density at radius 2 is 2.17 bits per heavy atom. The summed E-state index contributed by atoms with van der Waals surface area (Å²) in [5, 5.41) is 19.1. The summed E-state index contributed by atoms with van der Waals surface area (Å²) in [7, 11) is 1.08. The molecule has 0 saturated heterocycles. The average Bonchev–Trinajstić information content (AvgIpc) is 3.06. The highest BCUT2D eigenvalue weighted by Gasteiger charge is 2.33. The van der Waals surface area contributed by atoms with Crippen LogP contribution < -0.4 is 4.74 Å². The van der Waals surface area contributed by atoms with Crippen LogP contribution in [0.2, 0.25) is 0 Å².